The molecule has 3 heteroatoms. The number of anilines is 1. The smallest absolute Gasteiger partial charge is 0.253 e. The predicted octanol–water partition coefficient (Wildman–Crippen LogP) is 0.735. The molecule has 11 heavy (non-hydrogen) atoms. The van der Waals surface area contributed by atoms with E-state index in [2.05, 4.69) is 5.32 Å². The highest BCUT2D eigenvalue weighted by Crippen LogP contribution is 2.03. The highest BCUT2D eigenvalue weighted by molar-refractivity contribution is 5.41. The van der Waals surface area contributed by atoms with Crippen molar-refractivity contribution in [3.63, 3.8) is 0 Å². The van der Waals surface area contributed by atoms with E-state index in [0.29, 0.717) is 0 Å². The first kappa shape index (κ1) is 7.85. The van der Waals surface area contributed by atoms with Crippen LogP contribution in [-0.2, 0) is 7.05 Å². The van der Waals surface area contributed by atoms with Gasteiger partial charge in [-0.25, -0.2) is 0 Å². The first-order chi connectivity index (χ1) is 5.15. The van der Waals surface area contributed by atoms with Crippen LogP contribution in [0.2, 0.25) is 0 Å². The summed E-state index contributed by atoms with van der Waals surface area (Å²) in [5, 5.41) is 2.98. The summed E-state index contributed by atoms with van der Waals surface area (Å²) in [6.45, 7) is 1.81. The van der Waals surface area contributed by atoms with Crippen molar-refractivity contribution in [1.29, 1.82) is 0 Å². The Morgan fingerprint density at radius 3 is 2.64 bits per heavy atom. The quantitative estimate of drug-likeness (QED) is 0.644. The van der Waals surface area contributed by atoms with E-state index >= 15 is 0 Å². The zero-order chi connectivity index (χ0) is 8.43. The molecule has 0 aliphatic heterocycles. The standard InChI is InChI=1S/C8H12N2O/c1-6-4-7(9-2)5-10(3)8(6)11/h4-5,9H,1-3H3. The van der Waals surface area contributed by atoms with Crippen molar-refractivity contribution in [3.05, 3.63) is 28.2 Å². The highest BCUT2D eigenvalue weighted by Gasteiger charge is 1.96. The second-order valence-electron chi connectivity index (χ2n) is 2.58. The van der Waals surface area contributed by atoms with Crippen molar-refractivity contribution in [3.8, 4) is 0 Å². The fourth-order valence-corrected chi connectivity index (χ4v) is 1.01. The number of hydrogen-bond acceptors (Lipinski definition) is 2. The summed E-state index contributed by atoms with van der Waals surface area (Å²) in [5.41, 5.74) is 1.79. The van der Waals surface area contributed by atoms with Crippen LogP contribution in [0.4, 0.5) is 5.69 Å². The fraction of sp³-hybridized carbons (Fsp3) is 0.375. The lowest BCUT2D eigenvalue weighted by Crippen LogP contribution is -2.18. The molecular formula is C8H12N2O. The van der Waals surface area contributed by atoms with Gasteiger partial charge >= 0.3 is 0 Å². The van der Waals surface area contributed by atoms with Gasteiger partial charge in [-0.1, -0.05) is 0 Å². The lowest BCUT2D eigenvalue weighted by atomic mass is 10.3. The van der Waals surface area contributed by atoms with Gasteiger partial charge in [0.15, 0.2) is 0 Å². The van der Waals surface area contributed by atoms with E-state index in [4.69, 9.17) is 0 Å². The second-order valence-corrected chi connectivity index (χ2v) is 2.58. The molecule has 0 saturated heterocycles. The highest BCUT2D eigenvalue weighted by atomic mass is 16.1. The summed E-state index contributed by atoms with van der Waals surface area (Å²) in [6, 6.07) is 1.84. The van der Waals surface area contributed by atoms with Crippen molar-refractivity contribution < 1.29 is 0 Å². The van der Waals surface area contributed by atoms with Crippen LogP contribution in [0.1, 0.15) is 5.56 Å². The summed E-state index contributed by atoms with van der Waals surface area (Å²) in [5.74, 6) is 0. The Kier molecular flexibility index (Phi) is 1.98. The van der Waals surface area contributed by atoms with Crippen LogP contribution in [0.3, 0.4) is 0 Å². The summed E-state index contributed by atoms with van der Waals surface area (Å²) < 4.78 is 1.57. The zero-order valence-corrected chi connectivity index (χ0v) is 7.01. The van der Waals surface area contributed by atoms with Crippen LogP contribution >= 0.6 is 0 Å². The van der Waals surface area contributed by atoms with Crippen LogP contribution in [0, 0.1) is 6.92 Å². The van der Waals surface area contributed by atoms with Crippen LogP contribution in [0.5, 0.6) is 0 Å². The molecule has 3 nitrogen and oxygen atoms in total. The average Bonchev–Trinajstić information content (AvgIpc) is 1.99. The van der Waals surface area contributed by atoms with Gasteiger partial charge in [-0.15, -0.1) is 0 Å². The Morgan fingerprint density at radius 1 is 1.55 bits per heavy atom. The summed E-state index contributed by atoms with van der Waals surface area (Å²) in [7, 11) is 3.58. The molecule has 0 aliphatic carbocycles. The first-order valence-corrected chi connectivity index (χ1v) is 3.50. The Morgan fingerprint density at radius 2 is 2.18 bits per heavy atom. The Bertz CT molecular complexity index is 288. The molecule has 0 spiro atoms. The van der Waals surface area contributed by atoms with Crippen LogP contribution in [-0.4, -0.2) is 11.6 Å². The maximum absolute atomic E-state index is 11.2. The van der Waals surface area contributed by atoms with E-state index in [1.807, 2.05) is 20.0 Å². The average molecular weight is 152 g/mol. The van der Waals surface area contributed by atoms with E-state index < -0.39 is 0 Å². The minimum Gasteiger partial charge on any atom is -0.387 e. The fourth-order valence-electron chi connectivity index (χ4n) is 1.01. The molecule has 0 fully saturated rings. The molecule has 0 radical (unpaired) electrons. The predicted molar refractivity (Wildman–Crippen MR) is 46.0 cm³/mol. The lowest BCUT2D eigenvalue weighted by molar-refractivity contribution is 0.850. The third-order valence-electron chi connectivity index (χ3n) is 1.65. The van der Waals surface area contributed by atoms with Gasteiger partial charge in [0.05, 0.1) is 5.69 Å². The summed E-state index contributed by atoms with van der Waals surface area (Å²) >= 11 is 0. The molecule has 0 saturated carbocycles. The number of pyridine rings is 1. The maximum atomic E-state index is 11.2. The van der Waals surface area contributed by atoms with Crippen molar-refractivity contribution in [2.45, 2.75) is 6.92 Å². The van der Waals surface area contributed by atoms with Crippen LogP contribution in [0.25, 0.3) is 0 Å². The van der Waals surface area contributed by atoms with E-state index in [1.54, 1.807) is 17.8 Å². The van der Waals surface area contributed by atoms with Gasteiger partial charge in [0.1, 0.15) is 0 Å². The molecule has 1 aromatic rings. The van der Waals surface area contributed by atoms with E-state index in [9.17, 15) is 4.79 Å². The summed E-state index contributed by atoms with van der Waals surface area (Å²) in [4.78, 5) is 11.2. The molecule has 1 rings (SSSR count). The molecule has 0 aromatic carbocycles. The molecule has 1 N–H and O–H groups in total. The van der Waals surface area contributed by atoms with Gasteiger partial charge in [0.2, 0.25) is 0 Å². The summed E-state index contributed by atoms with van der Waals surface area (Å²) in [6.07, 6.45) is 1.77. The molecule has 1 aromatic heterocycles. The molecule has 0 amide bonds. The third-order valence-corrected chi connectivity index (χ3v) is 1.65. The van der Waals surface area contributed by atoms with Gasteiger partial charge in [0, 0.05) is 25.9 Å². The van der Waals surface area contributed by atoms with Gasteiger partial charge in [-0.3, -0.25) is 4.79 Å². The number of hydrogen-bond donors (Lipinski definition) is 1. The number of aromatic nitrogens is 1. The molecule has 0 unspecified atom stereocenters. The largest absolute Gasteiger partial charge is 0.387 e. The molecule has 0 bridgehead atoms. The van der Waals surface area contributed by atoms with Crippen LogP contribution < -0.4 is 10.9 Å². The van der Waals surface area contributed by atoms with E-state index in [1.165, 1.54) is 0 Å². The SMILES string of the molecule is CNc1cc(C)c(=O)n(C)c1. The van der Waals surface area contributed by atoms with Gasteiger partial charge in [0.25, 0.3) is 5.56 Å². The Labute approximate surface area is 65.7 Å². The minimum absolute atomic E-state index is 0.0593. The molecule has 0 aliphatic rings. The number of nitrogens with one attached hydrogen (secondary N) is 1. The van der Waals surface area contributed by atoms with Crippen molar-refractivity contribution in [1.82, 2.24) is 4.57 Å². The van der Waals surface area contributed by atoms with E-state index in [-0.39, 0.29) is 5.56 Å². The second kappa shape index (κ2) is 2.78. The van der Waals surface area contributed by atoms with E-state index in [0.717, 1.165) is 11.3 Å². The van der Waals surface area contributed by atoms with Crippen molar-refractivity contribution in [2.75, 3.05) is 12.4 Å². The Hall–Kier alpha value is -1.25. The van der Waals surface area contributed by atoms with Crippen LogP contribution in [0.15, 0.2) is 17.1 Å². The number of nitrogens with zero attached hydrogens (tertiary/aromatic N) is 1. The third kappa shape index (κ3) is 1.42. The molecule has 0 atom stereocenters. The maximum Gasteiger partial charge on any atom is 0.253 e. The monoisotopic (exact) mass is 152 g/mol. The normalized spacial score (nSPS) is 9.73. The molecule has 1 heterocycles. The number of rotatable bonds is 1. The molecular weight excluding hydrogens is 140 g/mol. The lowest BCUT2D eigenvalue weighted by Gasteiger charge is -2.03. The van der Waals surface area contributed by atoms with Crippen molar-refractivity contribution in [2.24, 2.45) is 7.05 Å². The topological polar surface area (TPSA) is 34.0 Å². The Balaban J connectivity index is 3.32. The zero-order valence-electron chi connectivity index (χ0n) is 7.01. The number of aryl methyl sites for hydroxylation is 2. The van der Waals surface area contributed by atoms with Gasteiger partial charge in [-0.2, -0.15) is 0 Å². The van der Waals surface area contributed by atoms with Crippen molar-refractivity contribution >= 4 is 5.69 Å². The minimum atomic E-state index is 0.0593. The first-order valence-electron chi connectivity index (χ1n) is 3.50. The van der Waals surface area contributed by atoms with Gasteiger partial charge in [-0.05, 0) is 13.0 Å². The van der Waals surface area contributed by atoms with Gasteiger partial charge < -0.3 is 9.88 Å². The molecule has 60 valence electrons.